The molecule has 7 nitrogen and oxygen atoms in total. The van der Waals surface area contributed by atoms with E-state index in [1.54, 1.807) is 12.1 Å². The highest BCUT2D eigenvalue weighted by atomic mass is 16.6. The van der Waals surface area contributed by atoms with Crippen LogP contribution in [0.15, 0.2) is 54.6 Å². The predicted octanol–water partition coefficient (Wildman–Crippen LogP) is 3.32. The molecule has 1 N–H and O–H groups in total. The Morgan fingerprint density at radius 1 is 1.15 bits per heavy atom. The summed E-state index contributed by atoms with van der Waals surface area (Å²) >= 11 is 0. The number of non-ortho nitro benzene ring substituents is 1. The molecule has 0 unspecified atom stereocenters. The van der Waals surface area contributed by atoms with Gasteiger partial charge in [0, 0.05) is 37.3 Å². The first-order valence-corrected chi connectivity index (χ1v) is 8.45. The normalized spacial score (nSPS) is 10.5. The number of nitro benzene ring substituents is 1. The van der Waals surface area contributed by atoms with Gasteiger partial charge in [-0.2, -0.15) is 0 Å². The monoisotopic (exact) mass is 357 g/mol. The Balaban J connectivity index is 1.63. The van der Waals surface area contributed by atoms with Crippen LogP contribution in [0.25, 0.3) is 0 Å². The largest absolute Gasteiger partial charge is 0.494 e. The number of hydrogen-bond donors (Lipinski definition) is 1. The van der Waals surface area contributed by atoms with Gasteiger partial charge in [0.25, 0.3) is 5.69 Å². The van der Waals surface area contributed by atoms with Crippen LogP contribution in [0.4, 0.5) is 11.4 Å². The van der Waals surface area contributed by atoms with Gasteiger partial charge in [0.05, 0.1) is 11.5 Å². The minimum atomic E-state index is -0.485. The van der Waals surface area contributed by atoms with Crippen LogP contribution >= 0.6 is 0 Å². The number of carbonyl (C=O) groups excluding carboxylic acids is 1. The molecule has 2 aromatic rings. The quantitative estimate of drug-likeness (QED) is 0.400. The van der Waals surface area contributed by atoms with Crippen molar-refractivity contribution in [3.05, 3.63) is 64.7 Å². The third-order valence-electron chi connectivity index (χ3n) is 3.76. The Kier molecular flexibility index (Phi) is 7.57. The number of anilines is 1. The number of hydrogen-bond acceptors (Lipinski definition) is 5. The maximum absolute atomic E-state index is 12.0. The van der Waals surface area contributed by atoms with Crippen LogP contribution in [0, 0.1) is 10.1 Å². The van der Waals surface area contributed by atoms with E-state index in [4.69, 9.17) is 4.74 Å². The van der Waals surface area contributed by atoms with E-state index in [0.717, 1.165) is 18.7 Å². The first kappa shape index (κ1) is 19.4. The van der Waals surface area contributed by atoms with E-state index < -0.39 is 4.92 Å². The second kappa shape index (κ2) is 10.1. The summed E-state index contributed by atoms with van der Waals surface area (Å²) in [5, 5.41) is 13.4. The zero-order valence-electron chi connectivity index (χ0n) is 14.8. The molecule has 0 aliphatic carbocycles. The molecule has 0 spiro atoms. The van der Waals surface area contributed by atoms with Crippen molar-refractivity contribution in [3.8, 4) is 5.75 Å². The van der Waals surface area contributed by atoms with Gasteiger partial charge in [-0.05, 0) is 31.7 Å². The van der Waals surface area contributed by atoms with Crippen LogP contribution in [0.2, 0.25) is 0 Å². The minimum Gasteiger partial charge on any atom is -0.494 e. The third-order valence-corrected chi connectivity index (χ3v) is 3.76. The van der Waals surface area contributed by atoms with Crippen molar-refractivity contribution in [3.63, 3.8) is 0 Å². The van der Waals surface area contributed by atoms with E-state index >= 15 is 0 Å². The molecule has 0 aromatic heterocycles. The Morgan fingerprint density at radius 2 is 1.92 bits per heavy atom. The summed E-state index contributed by atoms with van der Waals surface area (Å²) in [5.74, 6) is 0.685. The van der Waals surface area contributed by atoms with Gasteiger partial charge in [0.1, 0.15) is 5.75 Å². The third kappa shape index (κ3) is 6.90. The summed E-state index contributed by atoms with van der Waals surface area (Å²) in [6.45, 7) is 2.04. The van der Waals surface area contributed by atoms with E-state index in [1.807, 2.05) is 37.4 Å². The van der Waals surface area contributed by atoms with Crippen molar-refractivity contribution in [1.29, 1.82) is 0 Å². The smallest absolute Gasteiger partial charge is 0.271 e. The lowest BCUT2D eigenvalue weighted by Gasteiger charge is -2.16. The molecular formula is C19H23N3O4. The number of nitrogens with one attached hydrogen (secondary N) is 1. The number of rotatable bonds is 10. The van der Waals surface area contributed by atoms with Crippen molar-refractivity contribution in [2.24, 2.45) is 0 Å². The minimum absolute atomic E-state index is 0.0432. The lowest BCUT2D eigenvalue weighted by Crippen LogP contribution is -2.26. The van der Waals surface area contributed by atoms with E-state index in [1.165, 1.54) is 12.1 Å². The lowest BCUT2D eigenvalue weighted by atomic mass is 10.2. The standard InChI is InChI=1S/C19H23N3O4/c1-21(12-6-14-26-18-9-3-2-4-10-18)13-11-19(23)20-16-7-5-8-17(15-16)22(24)25/h2-5,7-10,15H,6,11-14H2,1H3,(H,20,23). The Bertz CT molecular complexity index is 722. The zero-order chi connectivity index (χ0) is 18.8. The van der Waals surface area contributed by atoms with Crippen LogP contribution in [0.3, 0.4) is 0 Å². The zero-order valence-corrected chi connectivity index (χ0v) is 14.8. The van der Waals surface area contributed by atoms with Gasteiger partial charge in [0.2, 0.25) is 5.91 Å². The maximum Gasteiger partial charge on any atom is 0.271 e. The highest BCUT2D eigenvalue weighted by Gasteiger charge is 2.09. The van der Waals surface area contributed by atoms with Gasteiger partial charge in [-0.3, -0.25) is 14.9 Å². The van der Waals surface area contributed by atoms with Crippen molar-refractivity contribution in [2.45, 2.75) is 12.8 Å². The molecule has 0 fully saturated rings. The van der Waals surface area contributed by atoms with Crippen LogP contribution in [-0.2, 0) is 4.79 Å². The molecule has 0 aliphatic rings. The molecule has 0 atom stereocenters. The summed E-state index contributed by atoms with van der Waals surface area (Å²) in [5.41, 5.74) is 0.390. The van der Waals surface area contributed by atoms with Gasteiger partial charge in [0.15, 0.2) is 0 Å². The van der Waals surface area contributed by atoms with Crippen LogP contribution in [0.1, 0.15) is 12.8 Å². The molecule has 2 aromatic carbocycles. The molecular weight excluding hydrogens is 334 g/mol. The number of nitro groups is 1. The fraction of sp³-hybridized carbons (Fsp3) is 0.316. The number of carbonyl (C=O) groups is 1. The van der Waals surface area contributed by atoms with E-state index in [0.29, 0.717) is 25.3 Å². The van der Waals surface area contributed by atoms with Gasteiger partial charge < -0.3 is 15.0 Å². The second-order valence-electron chi connectivity index (χ2n) is 5.92. The average molecular weight is 357 g/mol. The number of nitrogens with zero attached hydrogens (tertiary/aromatic N) is 2. The summed E-state index contributed by atoms with van der Waals surface area (Å²) < 4.78 is 5.63. The summed E-state index contributed by atoms with van der Waals surface area (Å²) in [4.78, 5) is 24.3. The highest BCUT2D eigenvalue weighted by Crippen LogP contribution is 2.17. The van der Waals surface area contributed by atoms with Crippen LogP contribution in [-0.4, -0.2) is 42.5 Å². The predicted molar refractivity (Wildman–Crippen MR) is 100 cm³/mol. The van der Waals surface area contributed by atoms with E-state index in [2.05, 4.69) is 10.2 Å². The summed E-state index contributed by atoms with van der Waals surface area (Å²) in [6, 6.07) is 15.6. The van der Waals surface area contributed by atoms with Crippen molar-refractivity contribution < 1.29 is 14.5 Å². The number of benzene rings is 2. The molecule has 7 heteroatoms. The molecule has 0 heterocycles. The molecule has 26 heavy (non-hydrogen) atoms. The first-order chi connectivity index (χ1) is 12.5. The van der Waals surface area contributed by atoms with Crippen molar-refractivity contribution in [1.82, 2.24) is 4.90 Å². The topological polar surface area (TPSA) is 84.7 Å². The summed E-state index contributed by atoms with van der Waals surface area (Å²) in [6.07, 6.45) is 1.18. The molecule has 0 radical (unpaired) electrons. The molecule has 2 rings (SSSR count). The van der Waals surface area contributed by atoms with Crippen LogP contribution < -0.4 is 10.1 Å². The number of para-hydroxylation sites is 1. The molecule has 0 aliphatic heterocycles. The molecule has 0 saturated heterocycles. The van der Waals surface area contributed by atoms with Crippen molar-refractivity contribution in [2.75, 3.05) is 32.1 Å². The number of amides is 1. The second-order valence-corrected chi connectivity index (χ2v) is 5.92. The van der Waals surface area contributed by atoms with Gasteiger partial charge in [-0.25, -0.2) is 0 Å². The van der Waals surface area contributed by atoms with E-state index in [9.17, 15) is 14.9 Å². The average Bonchev–Trinajstić information content (AvgIpc) is 2.64. The SMILES string of the molecule is CN(CCCOc1ccccc1)CCC(=O)Nc1cccc([N+](=O)[O-])c1. The fourth-order valence-electron chi connectivity index (χ4n) is 2.37. The molecule has 138 valence electrons. The van der Waals surface area contributed by atoms with Gasteiger partial charge >= 0.3 is 0 Å². The fourth-order valence-corrected chi connectivity index (χ4v) is 2.37. The van der Waals surface area contributed by atoms with Gasteiger partial charge in [-0.1, -0.05) is 24.3 Å². The van der Waals surface area contributed by atoms with Crippen LogP contribution in [0.5, 0.6) is 5.75 Å². The summed E-state index contributed by atoms with van der Waals surface area (Å²) in [7, 11) is 1.95. The molecule has 0 saturated carbocycles. The first-order valence-electron chi connectivity index (χ1n) is 8.45. The van der Waals surface area contributed by atoms with Gasteiger partial charge in [-0.15, -0.1) is 0 Å². The Labute approximate surface area is 152 Å². The van der Waals surface area contributed by atoms with Crippen molar-refractivity contribution >= 4 is 17.3 Å². The maximum atomic E-state index is 12.0. The van der Waals surface area contributed by atoms with E-state index in [-0.39, 0.29) is 11.6 Å². The molecule has 1 amide bonds. The number of ether oxygens (including phenoxy) is 1. The molecule has 0 bridgehead atoms. The lowest BCUT2D eigenvalue weighted by molar-refractivity contribution is -0.384. The highest BCUT2D eigenvalue weighted by molar-refractivity contribution is 5.91. The Hall–Kier alpha value is -2.93. The Morgan fingerprint density at radius 3 is 2.65 bits per heavy atom.